The second-order valence-electron chi connectivity index (χ2n) is 10.6. The van der Waals surface area contributed by atoms with Crippen LogP contribution in [-0.2, 0) is 6.54 Å². The molecule has 0 bridgehead atoms. The number of aromatic nitrogens is 1. The maximum absolute atomic E-state index is 12.9. The Morgan fingerprint density at radius 2 is 1.55 bits per heavy atom. The number of hydrogen-bond acceptors (Lipinski definition) is 3. The molecule has 1 spiro atoms. The minimum Gasteiger partial charge on any atom is -0.300 e. The maximum atomic E-state index is 12.9. The largest absolute Gasteiger partial charge is 0.300 e. The van der Waals surface area contributed by atoms with E-state index in [0.717, 1.165) is 29.3 Å². The number of rotatable bonds is 3. The molecule has 4 aliphatic rings. The molecule has 2 saturated carbocycles. The Balaban J connectivity index is 0.000000149. The normalized spacial score (nSPS) is 26.7. The van der Waals surface area contributed by atoms with Gasteiger partial charge in [-0.15, -0.1) is 0 Å². The molecule has 0 aromatic carbocycles. The standard InChI is InChI=1S/C14H25N.C12H16F2N2/c1-2-7-14(8-3-1)9-11-15(12-10-14)13-5-4-6-13;1-10-2-3-11(8-15-10)9-16-6-4-12(13,14)5-7-16/h13H,1-12H2;2-3,8H,4-7,9H2,1H3. The molecule has 2 aliphatic carbocycles. The molecule has 3 nitrogen and oxygen atoms in total. The zero-order chi connectivity index (χ0) is 21.7. The Morgan fingerprint density at radius 3 is 2.10 bits per heavy atom. The van der Waals surface area contributed by atoms with E-state index in [1.54, 1.807) is 12.8 Å². The molecule has 2 saturated heterocycles. The third-order valence-electron chi connectivity index (χ3n) is 8.33. The first-order valence-corrected chi connectivity index (χ1v) is 12.7. The van der Waals surface area contributed by atoms with Crippen molar-refractivity contribution >= 4 is 0 Å². The van der Waals surface area contributed by atoms with Gasteiger partial charge in [-0.05, 0) is 75.6 Å². The van der Waals surface area contributed by atoms with Crippen molar-refractivity contribution in [3.63, 3.8) is 0 Å². The monoisotopic (exact) mass is 433 g/mol. The second-order valence-corrected chi connectivity index (χ2v) is 10.6. The molecule has 5 heteroatoms. The van der Waals surface area contributed by atoms with Crippen molar-refractivity contribution in [1.29, 1.82) is 0 Å². The number of aryl methyl sites for hydroxylation is 1. The van der Waals surface area contributed by atoms with Gasteiger partial charge in [0.15, 0.2) is 0 Å². The Kier molecular flexibility index (Phi) is 7.64. The van der Waals surface area contributed by atoms with Gasteiger partial charge in [-0.1, -0.05) is 31.7 Å². The molecule has 5 rings (SSSR count). The zero-order valence-electron chi connectivity index (χ0n) is 19.4. The van der Waals surface area contributed by atoms with Gasteiger partial charge in [0.25, 0.3) is 5.92 Å². The van der Waals surface area contributed by atoms with E-state index in [-0.39, 0.29) is 12.8 Å². The van der Waals surface area contributed by atoms with Crippen LogP contribution in [0.3, 0.4) is 0 Å². The summed E-state index contributed by atoms with van der Waals surface area (Å²) in [6.45, 7) is 6.45. The number of likely N-dealkylation sites (tertiary alicyclic amines) is 2. The molecule has 0 N–H and O–H groups in total. The van der Waals surface area contributed by atoms with Crippen LogP contribution in [0.25, 0.3) is 0 Å². The lowest BCUT2D eigenvalue weighted by Gasteiger charge is -2.48. The molecule has 2 aliphatic heterocycles. The summed E-state index contributed by atoms with van der Waals surface area (Å²) in [5, 5.41) is 0. The van der Waals surface area contributed by atoms with Crippen molar-refractivity contribution in [3.8, 4) is 0 Å². The lowest BCUT2D eigenvalue weighted by molar-refractivity contribution is -0.0566. The third-order valence-corrected chi connectivity index (χ3v) is 8.33. The van der Waals surface area contributed by atoms with Gasteiger partial charge < -0.3 is 4.90 Å². The van der Waals surface area contributed by atoms with E-state index in [1.165, 1.54) is 64.5 Å². The zero-order valence-corrected chi connectivity index (χ0v) is 19.4. The summed E-state index contributed by atoms with van der Waals surface area (Å²) in [7, 11) is 0. The van der Waals surface area contributed by atoms with Crippen molar-refractivity contribution in [2.24, 2.45) is 5.41 Å². The number of nitrogens with zero attached hydrogens (tertiary/aromatic N) is 3. The van der Waals surface area contributed by atoms with Crippen LogP contribution in [0.15, 0.2) is 18.3 Å². The summed E-state index contributed by atoms with van der Waals surface area (Å²) in [5.74, 6) is -2.46. The third kappa shape index (κ3) is 6.47. The van der Waals surface area contributed by atoms with E-state index >= 15 is 0 Å². The fourth-order valence-electron chi connectivity index (χ4n) is 5.81. The van der Waals surface area contributed by atoms with Crippen molar-refractivity contribution in [3.05, 3.63) is 29.6 Å². The molecular weight excluding hydrogens is 392 g/mol. The lowest BCUT2D eigenvalue weighted by Crippen LogP contribution is -2.48. The van der Waals surface area contributed by atoms with Crippen LogP contribution in [0.1, 0.15) is 88.3 Å². The quantitative estimate of drug-likeness (QED) is 0.565. The first kappa shape index (κ1) is 23.1. The van der Waals surface area contributed by atoms with Crippen LogP contribution in [0.5, 0.6) is 0 Å². The van der Waals surface area contributed by atoms with Crippen molar-refractivity contribution in [2.45, 2.75) is 102 Å². The smallest absolute Gasteiger partial charge is 0.250 e. The fraction of sp³-hybridized carbons (Fsp3) is 0.808. The number of hydrogen-bond donors (Lipinski definition) is 0. The van der Waals surface area contributed by atoms with E-state index in [1.807, 2.05) is 25.3 Å². The van der Waals surface area contributed by atoms with Gasteiger partial charge >= 0.3 is 0 Å². The fourth-order valence-corrected chi connectivity index (χ4v) is 5.81. The number of halogens is 2. The highest BCUT2D eigenvalue weighted by Crippen LogP contribution is 2.45. The van der Waals surface area contributed by atoms with Crippen LogP contribution in [0.4, 0.5) is 8.78 Å². The van der Waals surface area contributed by atoms with Gasteiger partial charge in [-0.2, -0.15) is 0 Å². The predicted molar refractivity (Wildman–Crippen MR) is 122 cm³/mol. The molecule has 174 valence electrons. The minimum absolute atomic E-state index is 0.0215. The van der Waals surface area contributed by atoms with E-state index in [0.29, 0.717) is 13.1 Å². The molecule has 0 amide bonds. The Labute approximate surface area is 187 Å². The average Bonchev–Trinajstić information content (AvgIpc) is 2.73. The van der Waals surface area contributed by atoms with E-state index in [9.17, 15) is 8.78 Å². The molecule has 1 aromatic rings. The number of pyridine rings is 1. The van der Waals surface area contributed by atoms with E-state index in [4.69, 9.17) is 0 Å². The summed E-state index contributed by atoms with van der Waals surface area (Å²) in [6, 6.07) is 4.95. The molecule has 0 radical (unpaired) electrons. The van der Waals surface area contributed by atoms with Crippen LogP contribution < -0.4 is 0 Å². The highest BCUT2D eigenvalue weighted by Gasteiger charge is 2.38. The SMILES string of the molecule is C1CCC2(CC1)CCN(C1CCC1)CC2.Cc1ccc(CN2CCC(F)(F)CC2)cn1. The molecule has 4 fully saturated rings. The average molecular weight is 434 g/mol. The maximum Gasteiger partial charge on any atom is 0.250 e. The van der Waals surface area contributed by atoms with Gasteiger partial charge in [0, 0.05) is 50.4 Å². The van der Waals surface area contributed by atoms with Crippen LogP contribution in [0, 0.1) is 12.3 Å². The van der Waals surface area contributed by atoms with E-state index < -0.39 is 5.92 Å². The molecule has 0 atom stereocenters. The topological polar surface area (TPSA) is 19.4 Å². The van der Waals surface area contributed by atoms with Crippen molar-refractivity contribution < 1.29 is 8.78 Å². The number of piperidine rings is 2. The first-order valence-electron chi connectivity index (χ1n) is 12.7. The number of alkyl halides is 2. The van der Waals surface area contributed by atoms with Crippen LogP contribution >= 0.6 is 0 Å². The Morgan fingerprint density at radius 1 is 0.871 bits per heavy atom. The van der Waals surface area contributed by atoms with Crippen LogP contribution in [0.2, 0.25) is 0 Å². The first-order chi connectivity index (χ1) is 14.9. The summed E-state index contributed by atoms with van der Waals surface area (Å²) in [4.78, 5) is 9.05. The van der Waals surface area contributed by atoms with Crippen LogP contribution in [-0.4, -0.2) is 52.9 Å². The minimum atomic E-state index is -2.46. The Bertz CT molecular complexity index is 660. The van der Waals surface area contributed by atoms with Gasteiger partial charge in [0.1, 0.15) is 0 Å². The van der Waals surface area contributed by atoms with Gasteiger partial charge in [0.05, 0.1) is 0 Å². The Hall–Kier alpha value is -1.07. The summed E-state index contributed by atoms with van der Waals surface area (Å²) in [5.41, 5.74) is 2.88. The highest BCUT2D eigenvalue weighted by atomic mass is 19.3. The summed E-state index contributed by atoms with van der Waals surface area (Å²) in [6.07, 6.45) is 16.9. The molecular formula is C26H41F2N3. The van der Waals surface area contributed by atoms with Gasteiger partial charge in [0.2, 0.25) is 0 Å². The predicted octanol–water partition coefficient (Wildman–Crippen LogP) is 6.21. The van der Waals surface area contributed by atoms with Gasteiger partial charge in [-0.25, -0.2) is 8.78 Å². The van der Waals surface area contributed by atoms with Crippen molar-refractivity contribution in [2.75, 3.05) is 26.2 Å². The molecule has 1 aromatic heterocycles. The highest BCUT2D eigenvalue weighted by molar-refractivity contribution is 5.13. The van der Waals surface area contributed by atoms with E-state index in [2.05, 4.69) is 14.8 Å². The molecule has 31 heavy (non-hydrogen) atoms. The molecule has 0 unspecified atom stereocenters. The summed E-state index contributed by atoms with van der Waals surface area (Å²) >= 11 is 0. The summed E-state index contributed by atoms with van der Waals surface area (Å²) < 4.78 is 25.9. The van der Waals surface area contributed by atoms with Gasteiger partial charge in [-0.3, -0.25) is 9.88 Å². The second kappa shape index (κ2) is 10.2. The molecule has 3 heterocycles. The van der Waals surface area contributed by atoms with Crippen molar-refractivity contribution in [1.82, 2.24) is 14.8 Å². The lowest BCUT2D eigenvalue weighted by atomic mass is 9.67.